The quantitative estimate of drug-likeness (QED) is 0.650. The Hall–Kier alpha value is -1.82. The first-order chi connectivity index (χ1) is 7.33. The summed E-state index contributed by atoms with van der Waals surface area (Å²) in [7, 11) is 0. The van der Waals surface area contributed by atoms with Crippen LogP contribution < -0.4 is 4.90 Å². The Morgan fingerprint density at radius 1 is 1.47 bits per heavy atom. The van der Waals surface area contributed by atoms with Crippen LogP contribution in [-0.4, -0.2) is 18.1 Å². The van der Waals surface area contributed by atoms with Gasteiger partial charge >= 0.3 is 0 Å². The summed E-state index contributed by atoms with van der Waals surface area (Å²) in [4.78, 5) is 6.45. The van der Waals surface area contributed by atoms with Crippen molar-refractivity contribution in [3.05, 3.63) is 35.5 Å². The lowest BCUT2D eigenvalue weighted by Crippen LogP contribution is -2.28. The van der Waals surface area contributed by atoms with Gasteiger partial charge in [-0.1, -0.05) is 12.2 Å². The normalized spacial score (nSPS) is 15.1. The molecule has 0 saturated carbocycles. The van der Waals surface area contributed by atoms with Crippen LogP contribution in [0.4, 0.5) is 5.82 Å². The Bertz CT molecular complexity index is 429. The molecule has 0 unspecified atom stereocenters. The highest BCUT2D eigenvalue weighted by molar-refractivity contribution is 5.57. The molecule has 2 rings (SSSR count). The Balaban J connectivity index is 2.39. The van der Waals surface area contributed by atoms with E-state index in [1.807, 2.05) is 13.0 Å². The van der Waals surface area contributed by atoms with Gasteiger partial charge in [-0.2, -0.15) is 5.26 Å². The molecule has 2 heterocycles. The minimum Gasteiger partial charge on any atom is -0.351 e. The SMILES string of the molecule is Cc1ccnc(N2CC=CCC2)c1C#N. The third-order valence-corrected chi connectivity index (χ3v) is 2.61. The number of aromatic nitrogens is 1. The summed E-state index contributed by atoms with van der Waals surface area (Å²) in [6.07, 6.45) is 7.08. The van der Waals surface area contributed by atoms with Crippen LogP contribution in [-0.2, 0) is 0 Å². The van der Waals surface area contributed by atoms with E-state index in [2.05, 4.69) is 28.1 Å². The molecular weight excluding hydrogens is 186 g/mol. The van der Waals surface area contributed by atoms with E-state index in [4.69, 9.17) is 5.26 Å². The molecular formula is C12H13N3. The number of hydrogen-bond acceptors (Lipinski definition) is 3. The monoisotopic (exact) mass is 199 g/mol. The summed E-state index contributed by atoms with van der Waals surface area (Å²) in [5.74, 6) is 0.821. The van der Waals surface area contributed by atoms with Gasteiger partial charge < -0.3 is 4.90 Å². The van der Waals surface area contributed by atoms with Crippen molar-refractivity contribution in [1.82, 2.24) is 4.98 Å². The topological polar surface area (TPSA) is 39.9 Å². The maximum absolute atomic E-state index is 9.10. The van der Waals surface area contributed by atoms with Gasteiger partial charge in [-0.25, -0.2) is 4.98 Å². The zero-order valence-corrected chi connectivity index (χ0v) is 8.77. The first-order valence-corrected chi connectivity index (χ1v) is 5.08. The highest BCUT2D eigenvalue weighted by Crippen LogP contribution is 2.21. The van der Waals surface area contributed by atoms with Gasteiger partial charge in [0, 0.05) is 19.3 Å². The molecule has 1 aromatic rings. The van der Waals surface area contributed by atoms with Gasteiger partial charge in [-0.3, -0.25) is 0 Å². The molecule has 3 heteroatoms. The minimum atomic E-state index is 0.702. The van der Waals surface area contributed by atoms with Crippen molar-refractivity contribution >= 4 is 5.82 Å². The van der Waals surface area contributed by atoms with Crippen LogP contribution in [0.15, 0.2) is 24.4 Å². The van der Waals surface area contributed by atoms with E-state index in [1.165, 1.54) is 0 Å². The second-order valence-corrected chi connectivity index (χ2v) is 3.64. The molecule has 0 spiro atoms. The standard InChI is InChI=1S/C12H13N3/c1-10-5-6-14-12(11(10)9-13)15-7-3-2-4-8-15/h2-3,5-6H,4,7-8H2,1H3. The fourth-order valence-electron chi connectivity index (χ4n) is 1.76. The lowest BCUT2D eigenvalue weighted by molar-refractivity contribution is 0.803. The molecule has 0 saturated heterocycles. The Morgan fingerprint density at radius 2 is 2.33 bits per heavy atom. The van der Waals surface area contributed by atoms with Crippen molar-refractivity contribution in [3.63, 3.8) is 0 Å². The smallest absolute Gasteiger partial charge is 0.147 e. The maximum atomic E-state index is 9.10. The molecule has 0 N–H and O–H groups in total. The van der Waals surface area contributed by atoms with Crippen molar-refractivity contribution < 1.29 is 0 Å². The Labute approximate surface area is 89.7 Å². The van der Waals surface area contributed by atoms with Crippen LogP contribution in [0.25, 0.3) is 0 Å². The van der Waals surface area contributed by atoms with Crippen LogP contribution >= 0.6 is 0 Å². The van der Waals surface area contributed by atoms with E-state index in [1.54, 1.807) is 6.20 Å². The zero-order chi connectivity index (χ0) is 10.7. The van der Waals surface area contributed by atoms with Crippen LogP contribution in [0, 0.1) is 18.3 Å². The molecule has 0 amide bonds. The van der Waals surface area contributed by atoms with Crippen LogP contribution in [0.1, 0.15) is 17.5 Å². The summed E-state index contributed by atoms with van der Waals surface area (Å²) >= 11 is 0. The average Bonchev–Trinajstić information content (AvgIpc) is 2.30. The fourth-order valence-corrected chi connectivity index (χ4v) is 1.76. The van der Waals surface area contributed by atoms with E-state index in [0.29, 0.717) is 5.56 Å². The van der Waals surface area contributed by atoms with Gasteiger partial charge in [-0.15, -0.1) is 0 Å². The molecule has 1 aliphatic rings. The number of nitrogens with zero attached hydrogens (tertiary/aromatic N) is 3. The molecule has 0 aliphatic carbocycles. The predicted molar refractivity (Wildman–Crippen MR) is 59.7 cm³/mol. The number of rotatable bonds is 1. The van der Waals surface area contributed by atoms with Crippen LogP contribution in [0.3, 0.4) is 0 Å². The molecule has 0 aromatic carbocycles. The number of nitriles is 1. The van der Waals surface area contributed by atoms with E-state index in [9.17, 15) is 0 Å². The number of aryl methyl sites for hydroxylation is 1. The summed E-state index contributed by atoms with van der Waals surface area (Å²) in [6.45, 7) is 3.75. The molecule has 3 nitrogen and oxygen atoms in total. The number of pyridine rings is 1. The number of anilines is 1. The Morgan fingerprint density at radius 3 is 3.00 bits per heavy atom. The molecule has 15 heavy (non-hydrogen) atoms. The fraction of sp³-hybridized carbons (Fsp3) is 0.333. The lowest BCUT2D eigenvalue weighted by atomic mass is 10.1. The van der Waals surface area contributed by atoms with E-state index in [0.717, 1.165) is 30.9 Å². The van der Waals surface area contributed by atoms with Gasteiger partial charge in [0.05, 0.1) is 5.56 Å². The van der Waals surface area contributed by atoms with Crippen molar-refractivity contribution in [1.29, 1.82) is 5.26 Å². The van der Waals surface area contributed by atoms with Crippen LogP contribution in [0.2, 0.25) is 0 Å². The summed E-state index contributed by atoms with van der Waals surface area (Å²) in [5, 5.41) is 9.10. The van der Waals surface area contributed by atoms with E-state index in [-0.39, 0.29) is 0 Å². The van der Waals surface area contributed by atoms with E-state index >= 15 is 0 Å². The Kier molecular flexibility index (Phi) is 2.68. The molecule has 1 aromatic heterocycles. The summed E-state index contributed by atoms with van der Waals surface area (Å²) in [6, 6.07) is 4.11. The highest BCUT2D eigenvalue weighted by Gasteiger charge is 2.14. The number of hydrogen-bond donors (Lipinski definition) is 0. The largest absolute Gasteiger partial charge is 0.351 e. The van der Waals surface area contributed by atoms with Crippen molar-refractivity contribution in [2.45, 2.75) is 13.3 Å². The zero-order valence-electron chi connectivity index (χ0n) is 8.77. The summed E-state index contributed by atoms with van der Waals surface area (Å²) < 4.78 is 0. The third kappa shape index (κ3) is 1.84. The molecule has 0 atom stereocenters. The van der Waals surface area contributed by atoms with Gasteiger partial charge in [0.25, 0.3) is 0 Å². The van der Waals surface area contributed by atoms with Gasteiger partial charge in [0.15, 0.2) is 0 Å². The highest BCUT2D eigenvalue weighted by atomic mass is 15.2. The predicted octanol–water partition coefficient (Wildman–Crippen LogP) is 2.03. The molecule has 0 radical (unpaired) electrons. The van der Waals surface area contributed by atoms with Crippen LogP contribution in [0.5, 0.6) is 0 Å². The molecule has 0 fully saturated rings. The first kappa shape index (κ1) is 9.72. The minimum absolute atomic E-state index is 0.702. The van der Waals surface area contributed by atoms with Gasteiger partial charge in [0.2, 0.25) is 0 Å². The van der Waals surface area contributed by atoms with Gasteiger partial charge in [0.1, 0.15) is 11.9 Å². The van der Waals surface area contributed by atoms with Gasteiger partial charge in [-0.05, 0) is 25.0 Å². The van der Waals surface area contributed by atoms with Crippen molar-refractivity contribution in [2.24, 2.45) is 0 Å². The average molecular weight is 199 g/mol. The second kappa shape index (κ2) is 4.14. The molecule has 1 aliphatic heterocycles. The second-order valence-electron chi connectivity index (χ2n) is 3.64. The van der Waals surface area contributed by atoms with Crippen molar-refractivity contribution in [2.75, 3.05) is 18.0 Å². The maximum Gasteiger partial charge on any atom is 0.147 e. The molecule has 0 bridgehead atoms. The molecule has 76 valence electrons. The summed E-state index contributed by atoms with van der Waals surface area (Å²) in [5.41, 5.74) is 1.70. The third-order valence-electron chi connectivity index (χ3n) is 2.61. The van der Waals surface area contributed by atoms with Crippen molar-refractivity contribution in [3.8, 4) is 6.07 Å². The lowest BCUT2D eigenvalue weighted by Gasteiger charge is -2.25. The van der Waals surface area contributed by atoms with E-state index < -0.39 is 0 Å². The first-order valence-electron chi connectivity index (χ1n) is 5.08.